The van der Waals surface area contributed by atoms with Crippen molar-refractivity contribution >= 4 is 19.7 Å². The van der Waals surface area contributed by atoms with Gasteiger partial charge in [-0.1, -0.05) is 57.2 Å². The fourth-order valence-electron chi connectivity index (χ4n) is 4.43. The Labute approximate surface area is 203 Å². The summed E-state index contributed by atoms with van der Waals surface area (Å²) in [6.07, 6.45) is 2.15. The first-order chi connectivity index (χ1) is 15.6. The third kappa shape index (κ3) is 5.17. The van der Waals surface area contributed by atoms with Crippen LogP contribution in [0.1, 0.15) is 44.6 Å². The molecule has 1 saturated heterocycles. The monoisotopic (exact) mass is 483 g/mol. The molecule has 0 spiro atoms. The lowest BCUT2D eigenvalue weighted by molar-refractivity contribution is 0.0637. The van der Waals surface area contributed by atoms with Gasteiger partial charge < -0.3 is 14.1 Å². The van der Waals surface area contributed by atoms with Crippen LogP contribution in [0.2, 0.25) is 18.1 Å². The summed E-state index contributed by atoms with van der Waals surface area (Å²) in [5.41, 5.74) is 2.11. The number of rotatable bonds is 7. The minimum atomic E-state index is -1.90. The summed E-state index contributed by atoms with van der Waals surface area (Å²) in [5.74, 6) is 0.903. The van der Waals surface area contributed by atoms with Crippen LogP contribution in [0.15, 0.2) is 54.0 Å². The van der Waals surface area contributed by atoms with Crippen molar-refractivity contribution in [2.75, 3.05) is 6.54 Å². The van der Waals surface area contributed by atoms with E-state index in [1.807, 2.05) is 29.9 Å². The largest absolute Gasteiger partial charge is 0.413 e. The van der Waals surface area contributed by atoms with E-state index >= 15 is 0 Å². The summed E-state index contributed by atoms with van der Waals surface area (Å²) in [7, 11) is 0.0978. The second kappa shape index (κ2) is 9.47. The van der Waals surface area contributed by atoms with E-state index in [9.17, 15) is 5.11 Å². The molecule has 1 aliphatic rings. The molecule has 2 aromatic heterocycles. The van der Waals surface area contributed by atoms with Crippen LogP contribution in [-0.4, -0.2) is 46.6 Å². The molecule has 3 atom stereocenters. The summed E-state index contributed by atoms with van der Waals surface area (Å²) < 4.78 is 8.85. The summed E-state index contributed by atoms with van der Waals surface area (Å²) in [5, 5.41) is 13.8. The third-order valence-corrected chi connectivity index (χ3v) is 12.7. The van der Waals surface area contributed by atoms with Gasteiger partial charge in [0, 0.05) is 26.2 Å². The second-order valence-corrected chi connectivity index (χ2v) is 16.4. The lowest BCUT2D eigenvalue weighted by Crippen LogP contribution is -2.44. The molecular formula is C26H37N3O2SSi. The molecule has 178 valence electrons. The van der Waals surface area contributed by atoms with Gasteiger partial charge in [-0.2, -0.15) is 0 Å². The highest BCUT2D eigenvalue weighted by atomic mass is 32.1. The van der Waals surface area contributed by atoms with E-state index < -0.39 is 14.4 Å². The molecule has 3 aromatic rings. The van der Waals surface area contributed by atoms with Gasteiger partial charge in [-0.3, -0.25) is 4.90 Å². The van der Waals surface area contributed by atoms with Gasteiger partial charge in [-0.25, -0.2) is 4.98 Å². The molecule has 5 nitrogen and oxygen atoms in total. The Balaban J connectivity index is 1.59. The van der Waals surface area contributed by atoms with Gasteiger partial charge in [-0.15, -0.1) is 11.3 Å². The number of aliphatic hydroxyl groups excluding tert-OH is 1. The Hall–Kier alpha value is -1.77. The third-order valence-electron chi connectivity index (χ3n) is 7.34. The summed E-state index contributed by atoms with van der Waals surface area (Å²) in [4.78, 5) is 8.15. The Bertz CT molecular complexity index is 1040. The first kappa shape index (κ1) is 24.4. The number of likely N-dealkylation sites (tertiary alicyclic amines) is 1. The molecular weight excluding hydrogens is 446 g/mol. The smallest absolute Gasteiger partial charge is 0.192 e. The average molecular weight is 484 g/mol. The van der Waals surface area contributed by atoms with Crippen LogP contribution in [0.3, 0.4) is 0 Å². The molecule has 33 heavy (non-hydrogen) atoms. The normalized spacial score (nSPS) is 20.9. The van der Waals surface area contributed by atoms with Crippen LogP contribution in [0.5, 0.6) is 0 Å². The van der Waals surface area contributed by atoms with E-state index in [0.717, 1.165) is 35.9 Å². The zero-order valence-corrected chi connectivity index (χ0v) is 22.5. The van der Waals surface area contributed by atoms with Crippen LogP contribution >= 0.6 is 11.3 Å². The first-order valence-electron chi connectivity index (χ1n) is 11.8. The molecule has 0 aliphatic carbocycles. The number of aromatic nitrogens is 2. The van der Waals surface area contributed by atoms with Gasteiger partial charge in [-0.05, 0) is 41.6 Å². The van der Waals surface area contributed by atoms with E-state index in [1.165, 1.54) is 5.56 Å². The van der Waals surface area contributed by atoms with Crippen molar-refractivity contribution in [3.05, 3.63) is 65.3 Å². The lowest BCUT2D eigenvalue weighted by atomic mass is 10.0. The van der Waals surface area contributed by atoms with E-state index in [-0.39, 0.29) is 17.2 Å². The molecule has 0 bridgehead atoms. The van der Waals surface area contributed by atoms with Crippen molar-refractivity contribution in [2.24, 2.45) is 7.05 Å². The summed E-state index contributed by atoms with van der Waals surface area (Å²) >= 11 is 1.67. The maximum absolute atomic E-state index is 11.6. The summed E-state index contributed by atoms with van der Waals surface area (Å²) in [6.45, 7) is 13.1. The van der Waals surface area contributed by atoms with Gasteiger partial charge in [0.2, 0.25) is 0 Å². The average Bonchev–Trinajstić information content (AvgIpc) is 3.47. The molecule has 0 amide bonds. The molecule has 0 radical (unpaired) electrons. The van der Waals surface area contributed by atoms with Crippen molar-refractivity contribution in [3.8, 4) is 10.7 Å². The number of hydrogen-bond donors (Lipinski definition) is 1. The van der Waals surface area contributed by atoms with E-state index in [4.69, 9.17) is 4.43 Å². The fraction of sp³-hybridized carbons (Fsp3) is 0.500. The van der Waals surface area contributed by atoms with Crippen molar-refractivity contribution in [1.82, 2.24) is 14.5 Å². The number of aliphatic hydroxyl groups is 1. The standard InChI is InChI=1S/C26H37N3O2SSi/c1-26(2,3)33(5,6)31-20-15-21(29(18-20)17-19-11-8-7-9-12-19)24(30)22-16-27-25(28(22)4)23-13-10-14-32-23/h7-14,16,20-21,24,30H,15,17-18H2,1-6H3/t20-,21+,24?/m1/s1. The Morgan fingerprint density at radius 2 is 1.91 bits per heavy atom. The van der Waals surface area contributed by atoms with Gasteiger partial charge in [0.25, 0.3) is 0 Å². The SMILES string of the molecule is Cn1c(C(O)[C@@H]2C[C@@H](O[Si](C)(C)C(C)(C)C)CN2Cc2ccccc2)cnc1-c1cccs1. The maximum Gasteiger partial charge on any atom is 0.192 e. The Kier molecular flexibility index (Phi) is 6.99. The van der Waals surface area contributed by atoms with Crippen LogP contribution in [0.25, 0.3) is 10.7 Å². The Morgan fingerprint density at radius 1 is 1.18 bits per heavy atom. The van der Waals surface area contributed by atoms with Gasteiger partial charge in [0.15, 0.2) is 8.32 Å². The van der Waals surface area contributed by atoms with Crippen LogP contribution in [-0.2, 0) is 18.0 Å². The second-order valence-electron chi connectivity index (χ2n) is 10.7. The van der Waals surface area contributed by atoms with Crippen LogP contribution < -0.4 is 0 Å². The zero-order chi connectivity index (χ0) is 23.8. The van der Waals surface area contributed by atoms with E-state index in [2.05, 4.69) is 79.5 Å². The predicted octanol–water partition coefficient (Wildman–Crippen LogP) is 5.85. The molecule has 1 unspecified atom stereocenters. The minimum Gasteiger partial charge on any atom is -0.413 e. The molecule has 1 fully saturated rings. The molecule has 1 aliphatic heterocycles. The van der Waals surface area contributed by atoms with Gasteiger partial charge >= 0.3 is 0 Å². The molecule has 3 heterocycles. The molecule has 1 N–H and O–H groups in total. The molecule has 0 saturated carbocycles. The highest BCUT2D eigenvalue weighted by Gasteiger charge is 2.44. The number of imidazole rings is 1. The topological polar surface area (TPSA) is 50.5 Å². The molecule has 1 aromatic carbocycles. The van der Waals surface area contributed by atoms with Crippen molar-refractivity contribution in [2.45, 2.75) is 70.1 Å². The number of hydrogen-bond acceptors (Lipinski definition) is 5. The molecule has 4 rings (SSSR count). The highest BCUT2D eigenvalue weighted by Crippen LogP contribution is 2.40. The van der Waals surface area contributed by atoms with Gasteiger partial charge in [0.05, 0.1) is 22.9 Å². The zero-order valence-electron chi connectivity index (χ0n) is 20.7. The van der Waals surface area contributed by atoms with Crippen LogP contribution in [0.4, 0.5) is 0 Å². The first-order valence-corrected chi connectivity index (χ1v) is 15.5. The van der Waals surface area contributed by atoms with Crippen molar-refractivity contribution in [3.63, 3.8) is 0 Å². The minimum absolute atomic E-state index is 0.0217. The maximum atomic E-state index is 11.6. The van der Waals surface area contributed by atoms with Crippen molar-refractivity contribution < 1.29 is 9.53 Å². The van der Waals surface area contributed by atoms with Crippen LogP contribution in [0, 0.1) is 0 Å². The number of thiophene rings is 1. The lowest BCUT2D eigenvalue weighted by Gasteiger charge is -2.38. The number of benzene rings is 1. The molecule has 7 heteroatoms. The Morgan fingerprint density at radius 3 is 2.55 bits per heavy atom. The highest BCUT2D eigenvalue weighted by molar-refractivity contribution is 7.13. The van der Waals surface area contributed by atoms with E-state index in [0.29, 0.717) is 0 Å². The predicted molar refractivity (Wildman–Crippen MR) is 139 cm³/mol. The number of nitrogens with zero attached hydrogens (tertiary/aromatic N) is 3. The van der Waals surface area contributed by atoms with E-state index in [1.54, 1.807) is 11.3 Å². The summed E-state index contributed by atoms with van der Waals surface area (Å²) in [6, 6.07) is 14.6. The van der Waals surface area contributed by atoms with Crippen molar-refractivity contribution in [1.29, 1.82) is 0 Å². The fourth-order valence-corrected chi connectivity index (χ4v) is 6.54. The quantitative estimate of drug-likeness (QED) is 0.429. The van der Waals surface area contributed by atoms with Gasteiger partial charge in [0.1, 0.15) is 11.9 Å².